The highest BCUT2D eigenvalue weighted by atomic mass is 35.5. The summed E-state index contributed by atoms with van der Waals surface area (Å²) in [5.41, 5.74) is 2.90. The Morgan fingerprint density at radius 1 is 0.907 bits per heavy atom. The molecule has 0 radical (unpaired) electrons. The number of benzene rings is 3. The Morgan fingerprint density at radius 2 is 1.58 bits per heavy atom. The van der Waals surface area contributed by atoms with E-state index < -0.39 is 5.60 Å². The Balaban J connectivity index is 1.07. The third kappa shape index (κ3) is 7.13. The highest BCUT2D eigenvalue weighted by Crippen LogP contribution is 2.33. The summed E-state index contributed by atoms with van der Waals surface area (Å²) in [7, 11) is 0. The minimum absolute atomic E-state index is 0.0113. The highest BCUT2D eigenvalue weighted by molar-refractivity contribution is 6.33. The SMILES string of the molecule is O=C(Nc1ccccc1Nc1nc(Nc2ccc(C(=O)N3CCC(O)(Cc4ccccc4)CC3)cc2)ncc1Cl)C1CC1. The van der Waals surface area contributed by atoms with Crippen LogP contribution in [0.5, 0.6) is 0 Å². The van der Waals surface area contributed by atoms with Gasteiger partial charge in [0.2, 0.25) is 11.9 Å². The number of amides is 2. The van der Waals surface area contributed by atoms with Gasteiger partial charge in [0.25, 0.3) is 5.91 Å². The molecule has 2 aliphatic rings. The van der Waals surface area contributed by atoms with Crippen LogP contribution >= 0.6 is 11.6 Å². The first-order valence-corrected chi connectivity index (χ1v) is 14.9. The van der Waals surface area contributed by atoms with E-state index in [9.17, 15) is 14.7 Å². The van der Waals surface area contributed by atoms with Gasteiger partial charge in [-0.2, -0.15) is 4.98 Å². The first-order valence-electron chi connectivity index (χ1n) is 14.5. The van der Waals surface area contributed by atoms with E-state index in [2.05, 4.69) is 25.9 Å². The van der Waals surface area contributed by atoms with Crippen molar-refractivity contribution in [3.8, 4) is 0 Å². The molecule has 2 fully saturated rings. The lowest BCUT2D eigenvalue weighted by Crippen LogP contribution is -2.47. The Hall–Kier alpha value is -4.47. The predicted octanol–water partition coefficient (Wildman–Crippen LogP) is 6.18. The van der Waals surface area contributed by atoms with Gasteiger partial charge in [0.1, 0.15) is 5.02 Å². The number of anilines is 5. The second-order valence-electron chi connectivity index (χ2n) is 11.2. The zero-order chi connectivity index (χ0) is 29.8. The molecule has 1 saturated heterocycles. The van der Waals surface area contributed by atoms with Gasteiger partial charge in [0.15, 0.2) is 5.82 Å². The van der Waals surface area contributed by atoms with E-state index in [0.717, 1.165) is 18.4 Å². The second kappa shape index (κ2) is 12.4. The molecule has 0 spiro atoms. The molecule has 43 heavy (non-hydrogen) atoms. The fourth-order valence-corrected chi connectivity index (χ4v) is 5.35. The topological polar surface area (TPSA) is 119 Å². The first-order chi connectivity index (χ1) is 20.8. The molecule has 6 rings (SSSR count). The number of carbonyl (C=O) groups is 2. The van der Waals surface area contributed by atoms with Gasteiger partial charge in [-0.1, -0.05) is 54.1 Å². The van der Waals surface area contributed by atoms with Crippen LogP contribution in [0.4, 0.5) is 28.8 Å². The number of halogens is 1. The van der Waals surface area contributed by atoms with Crippen molar-refractivity contribution in [2.75, 3.05) is 29.0 Å². The molecule has 1 aromatic heterocycles. The number of piperidine rings is 1. The maximum atomic E-state index is 13.2. The number of aliphatic hydroxyl groups is 1. The number of hydrogen-bond acceptors (Lipinski definition) is 7. The molecule has 2 heterocycles. The minimum Gasteiger partial charge on any atom is -0.389 e. The van der Waals surface area contributed by atoms with Crippen LogP contribution in [-0.4, -0.2) is 50.5 Å². The standard InChI is InChI=1S/C33H33ClN6O3/c34-26-21-35-32(39-29(26)37-27-8-4-5-9-28(27)38-30(41)23-10-11-23)36-25-14-12-24(13-15-25)31(42)40-18-16-33(43,17-19-40)20-22-6-2-1-3-7-22/h1-9,12-15,21,23,43H,10-11,16-20H2,(H,38,41)(H2,35,36,37,39). The lowest BCUT2D eigenvalue weighted by Gasteiger charge is -2.38. The number of aromatic nitrogens is 2. The summed E-state index contributed by atoms with van der Waals surface area (Å²) in [6, 6.07) is 24.5. The number of para-hydroxylation sites is 2. The number of likely N-dealkylation sites (tertiary alicyclic amines) is 1. The van der Waals surface area contributed by atoms with E-state index in [1.807, 2.05) is 54.6 Å². The van der Waals surface area contributed by atoms with Gasteiger partial charge in [0, 0.05) is 36.7 Å². The maximum Gasteiger partial charge on any atom is 0.253 e. The van der Waals surface area contributed by atoms with Crippen LogP contribution in [-0.2, 0) is 11.2 Å². The highest BCUT2D eigenvalue weighted by Gasteiger charge is 2.34. The molecule has 1 aliphatic heterocycles. The Kier molecular flexibility index (Phi) is 8.26. The summed E-state index contributed by atoms with van der Waals surface area (Å²) in [6.07, 6.45) is 4.99. The summed E-state index contributed by atoms with van der Waals surface area (Å²) in [5.74, 6) is 0.737. The van der Waals surface area contributed by atoms with Crippen molar-refractivity contribution >= 4 is 52.2 Å². The molecule has 1 aliphatic carbocycles. The second-order valence-corrected chi connectivity index (χ2v) is 11.6. The van der Waals surface area contributed by atoms with Crippen molar-refractivity contribution in [1.29, 1.82) is 0 Å². The van der Waals surface area contributed by atoms with Crippen molar-refractivity contribution in [2.24, 2.45) is 5.92 Å². The van der Waals surface area contributed by atoms with Gasteiger partial charge in [-0.3, -0.25) is 9.59 Å². The summed E-state index contributed by atoms with van der Waals surface area (Å²) < 4.78 is 0. The van der Waals surface area contributed by atoms with Gasteiger partial charge >= 0.3 is 0 Å². The number of nitrogens with one attached hydrogen (secondary N) is 3. The molecular formula is C33H33ClN6O3. The minimum atomic E-state index is -0.801. The Bertz CT molecular complexity index is 1600. The monoisotopic (exact) mass is 596 g/mol. The quantitative estimate of drug-likeness (QED) is 0.182. The zero-order valence-electron chi connectivity index (χ0n) is 23.6. The largest absolute Gasteiger partial charge is 0.389 e. The normalized spacial score (nSPS) is 15.9. The van der Waals surface area contributed by atoms with E-state index in [4.69, 9.17) is 11.6 Å². The van der Waals surface area contributed by atoms with Gasteiger partial charge in [-0.05, 0) is 67.6 Å². The van der Waals surface area contributed by atoms with E-state index in [1.165, 1.54) is 6.20 Å². The predicted molar refractivity (Wildman–Crippen MR) is 168 cm³/mol. The number of nitrogens with zero attached hydrogens (tertiary/aromatic N) is 3. The maximum absolute atomic E-state index is 13.2. The van der Waals surface area contributed by atoms with Crippen molar-refractivity contribution in [2.45, 2.75) is 37.7 Å². The molecule has 2 amide bonds. The number of rotatable bonds is 9. The Labute approximate surface area is 255 Å². The average Bonchev–Trinajstić information content (AvgIpc) is 3.87. The zero-order valence-corrected chi connectivity index (χ0v) is 24.3. The van der Waals surface area contributed by atoms with Crippen molar-refractivity contribution in [1.82, 2.24) is 14.9 Å². The smallest absolute Gasteiger partial charge is 0.253 e. The van der Waals surface area contributed by atoms with Crippen LogP contribution in [0.25, 0.3) is 0 Å². The van der Waals surface area contributed by atoms with Crippen LogP contribution in [0.3, 0.4) is 0 Å². The van der Waals surface area contributed by atoms with Crippen molar-refractivity contribution in [3.05, 3.63) is 101 Å². The fourth-order valence-electron chi connectivity index (χ4n) is 5.21. The van der Waals surface area contributed by atoms with Gasteiger partial charge in [-0.25, -0.2) is 4.98 Å². The third-order valence-corrected chi connectivity index (χ3v) is 8.15. The van der Waals surface area contributed by atoms with E-state index in [1.54, 1.807) is 29.2 Å². The molecule has 9 nitrogen and oxygen atoms in total. The van der Waals surface area contributed by atoms with Crippen LogP contribution < -0.4 is 16.0 Å². The molecular weight excluding hydrogens is 564 g/mol. The van der Waals surface area contributed by atoms with E-state index >= 15 is 0 Å². The van der Waals surface area contributed by atoms with Crippen LogP contribution in [0.2, 0.25) is 5.02 Å². The lowest BCUT2D eigenvalue weighted by atomic mass is 9.85. The average molecular weight is 597 g/mol. The number of carbonyl (C=O) groups excluding carboxylic acids is 2. The van der Waals surface area contributed by atoms with Crippen LogP contribution in [0.1, 0.15) is 41.6 Å². The van der Waals surface area contributed by atoms with E-state index in [0.29, 0.717) is 71.8 Å². The van der Waals surface area contributed by atoms with Gasteiger partial charge < -0.3 is 26.0 Å². The molecule has 220 valence electrons. The summed E-state index contributed by atoms with van der Waals surface area (Å²) in [6.45, 7) is 1.01. The number of hydrogen-bond donors (Lipinski definition) is 4. The Morgan fingerprint density at radius 3 is 2.28 bits per heavy atom. The molecule has 10 heteroatoms. The molecule has 3 aromatic carbocycles. The molecule has 0 atom stereocenters. The first kappa shape index (κ1) is 28.6. The fraction of sp³-hybridized carbons (Fsp3) is 0.273. The summed E-state index contributed by atoms with van der Waals surface area (Å²) in [5, 5.41) is 20.7. The molecule has 0 unspecified atom stereocenters. The van der Waals surface area contributed by atoms with Crippen molar-refractivity contribution < 1.29 is 14.7 Å². The van der Waals surface area contributed by atoms with Gasteiger partial charge in [-0.15, -0.1) is 0 Å². The molecule has 1 saturated carbocycles. The third-order valence-electron chi connectivity index (χ3n) is 7.88. The van der Waals surface area contributed by atoms with Crippen LogP contribution in [0, 0.1) is 5.92 Å². The van der Waals surface area contributed by atoms with E-state index in [-0.39, 0.29) is 17.7 Å². The van der Waals surface area contributed by atoms with Crippen LogP contribution in [0.15, 0.2) is 85.1 Å². The van der Waals surface area contributed by atoms with Crippen molar-refractivity contribution in [3.63, 3.8) is 0 Å². The lowest BCUT2D eigenvalue weighted by molar-refractivity contribution is -0.117. The summed E-state index contributed by atoms with van der Waals surface area (Å²) in [4.78, 5) is 36.1. The summed E-state index contributed by atoms with van der Waals surface area (Å²) >= 11 is 6.39. The molecule has 4 N–H and O–H groups in total. The van der Waals surface area contributed by atoms with Gasteiger partial charge in [0.05, 0.1) is 23.2 Å². The molecule has 0 bridgehead atoms. The molecule has 4 aromatic rings.